The lowest BCUT2D eigenvalue weighted by Gasteiger charge is -2.18. The van der Waals surface area contributed by atoms with E-state index < -0.39 is 6.10 Å². The van der Waals surface area contributed by atoms with Crippen LogP contribution in [0.15, 0.2) is 47.6 Å². The molecule has 0 bridgehead atoms. The second-order valence-corrected chi connectivity index (χ2v) is 4.96. The highest BCUT2D eigenvalue weighted by molar-refractivity contribution is 5.83. The fraction of sp³-hybridized carbons (Fsp3) is 0.438. The predicted molar refractivity (Wildman–Crippen MR) is 78.0 cm³/mol. The van der Waals surface area contributed by atoms with Crippen LogP contribution in [0.3, 0.4) is 0 Å². The SMILES string of the molecule is CC1=CC(=O)OC(/C=C/CC(O)/C=C\C=C(/C)CO)C1. The molecule has 0 saturated carbocycles. The summed E-state index contributed by atoms with van der Waals surface area (Å²) < 4.78 is 5.13. The second-order valence-electron chi connectivity index (χ2n) is 4.96. The lowest BCUT2D eigenvalue weighted by atomic mass is 10.1. The van der Waals surface area contributed by atoms with Gasteiger partial charge in [-0.15, -0.1) is 0 Å². The number of carbonyl (C=O) groups is 1. The number of esters is 1. The minimum absolute atomic E-state index is 0.0141. The fourth-order valence-corrected chi connectivity index (χ4v) is 1.76. The summed E-state index contributed by atoms with van der Waals surface area (Å²) in [5, 5.41) is 18.5. The van der Waals surface area contributed by atoms with Crippen molar-refractivity contribution in [3.63, 3.8) is 0 Å². The van der Waals surface area contributed by atoms with Crippen molar-refractivity contribution in [2.45, 2.75) is 38.9 Å². The van der Waals surface area contributed by atoms with E-state index in [1.807, 2.05) is 19.9 Å². The number of hydrogen-bond acceptors (Lipinski definition) is 4. The van der Waals surface area contributed by atoms with Gasteiger partial charge in [-0.2, -0.15) is 0 Å². The van der Waals surface area contributed by atoms with Crippen molar-refractivity contribution >= 4 is 5.97 Å². The summed E-state index contributed by atoms with van der Waals surface area (Å²) in [5.74, 6) is -0.312. The van der Waals surface area contributed by atoms with Crippen molar-refractivity contribution in [3.05, 3.63) is 47.6 Å². The van der Waals surface area contributed by atoms with Crippen molar-refractivity contribution in [1.29, 1.82) is 0 Å². The van der Waals surface area contributed by atoms with E-state index >= 15 is 0 Å². The highest BCUT2D eigenvalue weighted by atomic mass is 16.5. The molecule has 20 heavy (non-hydrogen) atoms. The maximum atomic E-state index is 11.2. The Morgan fingerprint density at radius 1 is 1.60 bits per heavy atom. The Bertz CT molecular complexity index is 443. The van der Waals surface area contributed by atoms with Gasteiger partial charge in [-0.25, -0.2) is 4.79 Å². The smallest absolute Gasteiger partial charge is 0.331 e. The largest absolute Gasteiger partial charge is 0.455 e. The van der Waals surface area contributed by atoms with Crippen LogP contribution in [-0.4, -0.2) is 35.0 Å². The first-order valence-electron chi connectivity index (χ1n) is 6.68. The molecule has 0 aromatic rings. The monoisotopic (exact) mass is 278 g/mol. The molecule has 0 radical (unpaired) electrons. The molecule has 2 unspecified atom stereocenters. The first kappa shape index (κ1) is 16.4. The Morgan fingerprint density at radius 2 is 2.35 bits per heavy atom. The molecule has 0 fully saturated rings. The van der Waals surface area contributed by atoms with Gasteiger partial charge in [0.1, 0.15) is 6.10 Å². The summed E-state index contributed by atoms with van der Waals surface area (Å²) in [6.07, 6.45) is 10.6. The molecule has 1 aliphatic rings. The predicted octanol–water partition coefficient (Wildman–Crippen LogP) is 2.05. The number of allylic oxidation sites excluding steroid dienone is 2. The van der Waals surface area contributed by atoms with Crippen LogP contribution in [0.4, 0.5) is 0 Å². The number of carbonyl (C=O) groups excluding carboxylic acids is 1. The van der Waals surface area contributed by atoms with Crippen LogP contribution in [0.25, 0.3) is 0 Å². The highest BCUT2D eigenvalue weighted by Gasteiger charge is 2.16. The molecular weight excluding hydrogens is 256 g/mol. The molecule has 110 valence electrons. The highest BCUT2D eigenvalue weighted by Crippen LogP contribution is 2.16. The number of aliphatic hydroxyl groups excluding tert-OH is 2. The minimum Gasteiger partial charge on any atom is -0.455 e. The Kier molecular flexibility index (Phi) is 6.98. The van der Waals surface area contributed by atoms with Crippen LogP contribution in [0.5, 0.6) is 0 Å². The van der Waals surface area contributed by atoms with Gasteiger partial charge in [0.05, 0.1) is 12.7 Å². The van der Waals surface area contributed by atoms with Crippen LogP contribution in [0.2, 0.25) is 0 Å². The molecule has 2 N–H and O–H groups in total. The summed E-state index contributed by atoms with van der Waals surface area (Å²) >= 11 is 0. The first-order valence-corrected chi connectivity index (χ1v) is 6.68. The number of rotatable bonds is 6. The van der Waals surface area contributed by atoms with Crippen LogP contribution >= 0.6 is 0 Å². The molecular formula is C16H22O4. The van der Waals surface area contributed by atoms with Crippen LogP contribution in [0.1, 0.15) is 26.7 Å². The minimum atomic E-state index is -0.593. The van der Waals surface area contributed by atoms with Crippen molar-refractivity contribution in [1.82, 2.24) is 0 Å². The zero-order valence-corrected chi connectivity index (χ0v) is 12.0. The maximum Gasteiger partial charge on any atom is 0.331 e. The van der Waals surface area contributed by atoms with Gasteiger partial charge in [-0.05, 0) is 31.9 Å². The Morgan fingerprint density at radius 3 is 3.00 bits per heavy atom. The molecule has 2 atom stereocenters. The van der Waals surface area contributed by atoms with E-state index in [0.717, 1.165) is 11.1 Å². The van der Waals surface area contributed by atoms with Crippen molar-refractivity contribution < 1.29 is 19.7 Å². The van der Waals surface area contributed by atoms with Crippen LogP contribution < -0.4 is 0 Å². The van der Waals surface area contributed by atoms with Gasteiger partial charge < -0.3 is 14.9 Å². The number of cyclic esters (lactones) is 1. The quantitative estimate of drug-likeness (QED) is 0.443. The molecule has 0 spiro atoms. The third-order valence-corrected chi connectivity index (χ3v) is 2.85. The maximum absolute atomic E-state index is 11.2. The molecule has 0 aromatic heterocycles. The van der Waals surface area contributed by atoms with E-state index in [1.54, 1.807) is 24.3 Å². The molecule has 1 rings (SSSR count). The third-order valence-electron chi connectivity index (χ3n) is 2.85. The third kappa shape index (κ3) is 6.50. The molecule has 0 aliphatic carbocycles. The number of hydrogen-bond donors (Lipinski definition) is 2. The number of ether oxygens (including phenoxy) is 1. The Balaban J connectivity index is 2.37. The van der Waals surface area contributed by atoms with E-state index in [4.69, 9.17) is 9.84 Å². The summed E-state index contributed by atoms with van der Waals surface area (Å²) in [4.78, 5) is 11.2. The van der Waals surface area contributed by atoms with Gasteiger partial charge in [-0.1, -0.05) is 29.9 Å². The molecule has 1 heterocycles. The summed E-state index contributed by atoms with van der Waals surface area (Å²) in [7, 11) is 0. The van der Waals surface area contributed by atoms with Crippen molar-refractivity contribution in [2.24, 2.45) is 0 Å². The van der Waals surface area contributed by atoms with Gasteiger partial charge in [0.2, 0.25) is 0 Å². The summed E-state index contributed by atoms with van der Waals surface area (Å²) in [5.41, 5.74) is 1.83. The lowest BCUT2D eigenvalue weighted by Crippen LogP contribution is -2.19. The summed E-state index contributed by atoms with van der Waals surface area (Å²) in [6.45, 7) is 3.72. The summed E-state index contributed by atoms with van der Waals surface area (Å²) in [6, 6.07) is 0. The molecule has 0 amide bonds. The fourth-order valence-electron chi connectivity index (χ4n) is 1.76. The Hall–Kier alpha value is -1.65. The van der Waals surface area contributed by atoms with Gasteiger partial charge >= 0.3 is 5.97 Å². The average Bonchev–Trinajstić information content (AvgIpc) is 2.37. The topological polar surface area (TPSA) is 66.8 Å². The zero-order chi connectivity index (χ0) is 15.0. The molecule has 4 heteroatoms. The van der Waals surface area contributed by atoms with E-state index in [1.165, 1.54) is 6.08 Å². The molecule has 0 saturated heterocycles. The van der Waals surface area contributed by atoms with E-state index in [2.05, 4.69) is 0 Å². The normalized spacial score (nSPS) is 22.2. The van der Waals surface area contributed by atoms with Gasteiger partial charge in [0, 0.05) is 12.5 Å². The van der Waals surface area contributed by atoms with Gasteiger partial charge in [0.15, 0.2) is 0 Å². The Labute approximate surface area is 119 Å². The van der Waals surface area contributed by atoms with Gasteiger partial charge in [0.25, 0.3) is 0 Å². The van der Waals surface area contributed by atoms with E-state index in [9.17, 15) is 9.90 Å². The average molecular weight is 278 g/mol. The van der Waals surface area contributed by atoms with Crippen molar-refractivity contribution in [3.8, 4) is 0 Å². The van der Waals surface area contributed by atoms with Gasteiger partial charge in [-0.3, -0.25) is 0 Å². The molecule has 1 aliphatic heterocycles. The molecule has 4 nitrogen and oxygen atoms in total. The second kappa shape index (κ2) is 8.51. The lowest BCUT2D eigenvalue weighted by molar-refractivity contribution is -0.142. The van der Waals surface area contributed by atoms with Crippen LogP contribution in [-0.2, 0) is 9.53 Å². The first-order chi connectivity index (χ1) is 9.51. The zero-order valence-electron chi connectivity index (χ0n) is 12.0. The standard InChI is InChI=1S/C16H22O4/c1-12(11-17)5-3-6-14(18)7-4-8-15-9-13(2)10-16(19)20-15/h3-6,8,10,14-15,17-18H,7,9,11H2,1-2H3/b6-3-,8-4+,12-5+. The number of aliphatic hydroxyl groups is 2. The van der Waals surface area contributed by atoms with Crippen LogP contribution in [0, 0.1) is 0 Å². The molecule has 0 aromatic carbocycles. The van der Waals surface area contributed by atoms with Crippen molar-refractivity contribution in [2.75, 3.05) is 6.61 Å². The van der Waals surface area contributed by atoms with E-state index in [-0.39, 0.29) is 18.7 Å². The van der Waals surface area contributed by atoms with E-state index in [0.29, 0.717) is 12.8 Å².